The van der Waals surface area contributed by atoms with Gasteiger partial charge in [-0.25, -0.2) is 0 Å². The lowest BCUT2D eigenvalue weighted by atomic mass is 9.56. The smallest absolute Gasteiger partial charge is 0.380 e. The summed E-state index contributed by atoms with van der Waals surface area (Å²) in [6, 6.07) is 17.1. The number of Topliss-reactive ketones (excluding diaryl/α,β-unsaturated/α-hetero) is 1. The molecule has 1 saturated carbocycles. The predicted octanol–water partition coefficient (Wildman–Crippen LogP) is 5.40. The zero-order valence-corrected chi connectivity index (χ0v) is 20.9. The molecule has 2 aromatic carbocycles. The van der Waals surface area contributed by atoms with Gasteiger partial charge in [-0.2, -0.15) is 13.2 Å². The second-order valence-corrected chi connectivity index (χ2v) is 10.1. The van der Waals surface area contributed by atoms with Crippen molar-refractivity contribution >= 4 is 18.4 Å². The Hall–Kier alpha value is -3.65. The number of halogens is 3. The fourth-order valence-corrected chi connectivity index (χ4v) is 5.59. The summed E-state index contributed by atoms with van der Waals surface area (Å²) in [4.78, 5) is 41.9. The molecule has 0 spiro atoms. The number of hydrogen-bond donors (Lipinski definition) is 1. The van der Waals surface area contributed by atoms with Crippen LogP contribution in [-0.4, -0.2) is 40.2 Å². The first kappa shape index (κ1) is 27.4. The average Bonchev–Trinajstić information content (AvgIpc) is 2.90. The number of carbonyl (C=O) groups is 3. The summed E-state index contributed by atoms with van der Waals surface area (Å²) in [5.41, 5.74) is -1.14. The van der Waals surface area contributed by atoms with Gasteiger partial charge < -0.3 is 9.90 Å². The Bertz CT molecular complexity index is 1340. The molecule has 38 heavy (non-hydrogen) atoms. The Morgan fingerprint density at radius 1 is 1.08 bits per heavy atom. The molecule has 4 rings (SSSR count). The molecule has 8 heteroatoms. The van der Waals surface area contributed by atoms with E-state index >= 15 is 0 Å². The Morgan fingerprint density at radius 3 is 2.45 bits per heavy atom. The topological polar surface area (TPSA) is 84.3 Å². The van der Waals surface area contributed by atoms with Crippen LogP contribution in [0.25, 0.3) is 0 Å². The van der Waals surface area contributed by atoms with Crippen molar-refractivity contribution in [1.82, 2.24) is 4.98 Å². The number of benzene rings is 2. The minimum Gasteiger partial charge on any atom is -0.380 e. The number of aryl methyl sites for hydroxylation is 1. The van der Waals surface area contributed by atoms with E-state index in [1.807, 2.05) is 12.1 Å². The summed E-state index contributed by atoms with van der Waals surface area (Å²) >= 11 is 0. The molecule has 0 saturated heterocycles. The molecule has 3 aromatic rings. The lowest BCUT2D eigenvalue weighted by Gasteiger charge is -2.49. The number of hydrogen-bond acceptors (Lipinski definition) is 5. The highest BCUT2D eigenvalue weighted by Crippen LogP contribution is 2.53. The summed E-state index contributed by atoms with van der Waals surface area (Å²) < 4.78 is 41.2. The van der Waals surface area contributed by atoms with E-state index in [2.05, 4.69) is 4.98 Å². The van der Waals surface area contributed by atoms with Gasteiger partial charge in [0, 0.05) is 40.8 Å². The molecule has 1 aliphatic rings. The Kier molecular flexibility index (Phi) is 7.65. The quantitative estimate of drug-likeness (QED) is 0.316. The largest absolute Gasteiger partial charge is 0.417 e. The molecule has 1 aliphatic carbocycles. The van der Waals surface area contributed by atoms with Crippen molar-refractivity contribution in [2.75, 3.05) is 0 Å². The van der Waals surface area contributed by atoms with Gasteiger partial charge in [0.05, 0.1) is 0 Å². The fourth-order valence-electron chi connectivity index (χ4n) is 5.59. The van der Waals surface area contributed by atoms with Crippen LogP contribution in [0.5, 0.6) is 0 Å². The van der Waals surface area contributed by atoms with Crippen molar-refractivity contribution in [2.24, 2.45) is 5.92 Å². The van der Waals surface area contributed by atoms with Crippen LogP contribution >= 0.6 is 0 Å². The van der Waals surface area contributed by atoms with Crippen LogP contribution in [0.15, 0.2) is 66.9 Å². The number of nitrogens with zero attached hydrogens (tertiary/aromatic N) is 1. The number of aldehydes is 2. The molecule has 1 fully saturated rings. The second kappa shape index (κ2) is 10.6. The Labute approximate surface area is 218 Å². The minimum atomic E-state index is -4.90. The lowest BCUT2D eigenvalue weighted by Crippen LogP contribution is -2.56. The molecule has 1 N–H and O–H groups in total. The summed E-state index contributed by atoms with van der Waals surface area (Å²) in [5.74, 6) is -1.46. The molecule has 0 aliphatic heterocycles. The first-order chi connectivity index (χ1) is 18.0. The monoisotopic (exact) mass is 523 g/mol. The van der Waals surface area contributed by atoms with Gasteiger partial charge in [0.15, 0.2) is 11.4 Å². The van der Waals surface area contributed by atoms with E-state index < -0.39 is 36.0 Å². The molecule has 0 bridgehead atoms. The van der Waals surface area contributed by atoms with Crippen LogP contribution in [0.1, 0.15) is 62.4 Å². The first-order valence-corrected chi connectivity index (χ1v) is 12.3. The van der Waals surface area contributed by atoms with E-state index in [0.29, 0.717) is 23.8 Å². The van der Waals surface area contributed by atoms with E-state index in [0.717, 1.165) is 11.1 Å². The van der Waals surface area contributed by atoms with Crippen LogP contribution < -0.4 is 0 Å². The highest BCUT2D eigenvalue weighted by Gasteiger charge is 2.61. The van der Waals surface area contributed by atoms with Crippen molar-refractivity contribution in [3.05, 3.63) is 100 Å². The molecule has 1 heterocycles. The lowest BCUT2D eigenvalue weighted by molar-refractivity contribution is -0.277. The summed E-state index contributed by atoms with van der Waals surface area (Å²) in [5, 5.41) is 10.5. The normalized spacial score (nSPS) is 23.6. The van der Waals surface area contributed by atoms with Gasteiger partial charge in [0.1, 0.15) is 12.6 Å². The van der Waals surface area contributed by atoms with Gasteiger partial charge in [-0.3, -0.25) is 14.6 Å². The highest BCUT2D eigenvalue weighted by molar-refractivity contribution is 5.99. The molecule has 0 unspecified atom stereocenters. The Morgan fingerprint density at radius 2 is 1.82 bits per heavy atom. The van der Waals surface area contributed by atoms with Gasteiger partial charge in [-0.15, -0.1) is 0 Å². The number of aliphatic hydroxyl groups is 1. The maximum Gasteiger partial charge on any atom is 0.417 e. The third kappa shape index (κ3) is 5.18. The van der Waals surface area contributed by atoms with Crippen molar-refractivity contribution in [2.45, 2.75) is 56.2 Å². The maximum atomic E-state index is 13.7. The molecule has 0 radical (unpaired) electrons. The fraction of sp³-hybridized carbons (Fsp3) is 0.333. The van der Waals surface area contributed by atoms with Crippen molar-refractivity contribution < 1.29 is 32.7 Å². The second-order valence-electron chi connectivity index (χ2n) is 10.1. The van der Waals surface area contributed by atoms with Gasteiger partial charge in [-0.05, 0) is 61.4 Å². The van der Waals surface area contributed by atoms with Crippen LogP contribution in [0.3, 0.4) is 0 Å². The predicted molar refractivity (Wildman–Crippen MR) is 135 cm³/mol. The SMILES string of the molecule is Cc1ncccc1CC(=O)c1ccc([C@]2(Cc3ccccc3)CC[C@](O)(C(F)(F)F)C[C@H]2C=O)c(C=O)c1. The average molecular weight is 524 g/mol. The van der Waals surface area contributed by atoms with Crippen LogP contribution in [0, 0.1) is 12.8 Å². The summed E-state index contributed by atoms with van der Waals surface area (Å²) in [6.07, 6.45) is -3.60. The molecule has 198 valence electrons. The van der Waals surface area contributed by atoms with Crippen LogP contribution in [0.2, 0.25) is 0 Å². The number of aromatic nitrogens is 1. The minimum absolute atomic E-state index is 0.0715. The number of carbonyl (C=O) groups excluding carboxylic acids is 3. The zero-order valence-electron chi connectivity index (χ0n) is 20.9. The van der Waals surface area contributed by atoms with Gasteiger partial charge in [-0.1, -0.05) is 48.5 Å². The summed E-state index contributed by atoms with van der Waals surface area (Å²) in [6.45, 7) is 1.79. The maximum absolute atomic E-state index is 13.7. The van der Waals surface area contributed by atoms with Crippen molar-refractivity contribution in [3.8, 4) is 0 Å². The molecule has 1 aromatic heterocycles. The van der Waals surface area contributed by atoms with Gasteiger partial charge >= 0.3 is 6.18 Å². The molecule has 3 atom stereocenters. The van der Waals surface area contributed by atoms with Crippen molar-refractivity contribution in [3.63, 3.8) is 0 Å². The van der Waals surface area contributed by atoms with Crippen molar-refractivity contribution in [1.29, 1.82) is 0 Å². The number of ketones is 1. The van der Waals surface area contributed by atoms with E-state index in [9.17, 15) is 32.7 Å². The molecule has 0 amide bonds. The van der Waals surface area contributed by atoms with Crippen LogP contribution in [-0.2, 0) is 23.1 Å². The number of pyridine rings is 1. The zero-order chi connectivity index (χ0) is 27.6. The Balaban J connectivity index is 1.78. The highest BCUT2D eigenvalue weighted by atomic mass is 19.4. The van der Waals surface area contributed by atoms with Gasteiger partial charge in [0.25, 0.3) is 0 Å². The molecular formula is C30H28F3NO4. The number of alkyl halides is 3. The van der Waals surface area contributed by atoms with Crippen LogP contribution in [0.4, 0.5) is 13.2 Å². The third-order valence-electron chi connectivity index (χ3n) is 7.81. The summed E-state index contributed by atoms with van der Waals surface area (Å²) in [7, 11) is 0. The first-order valence-electron chi connectivity index (χ1n) is 12.3. The molecular weight excluding hydrogens is 495 g/mol. The third-order valence-corrected chi connectivity index (χ3v) is 7.81. The van der Waals surface area contributed by atoms with E-state index in [-0.39, 0.29) is 36.2 Å². The van der Waals surface area contributed by atoms with E-state index in [1.165, 1.54) is 6.07 Å². The molecule has 5 nitrogen and oxygen atoms in total. The van der Waals surface area contributed by atoms with E-state index in [1.54, 1.807) is 55.6 Å². The van der Waals surface area contributed by atoms with E-state index in [4.69, 9.17) is 0 Å². The number of rotatable bonds is 8. The van der Waals surface area contributed by atoms with Gasteiger partial charge in [0.2, 0.25) is 0 Å². The standard InChI is InChI=1S/C30H28F3NO4/c1-20-22(8-5-13-34-20)15-27(37)23-9-10-26(24(14-23)18-35)28(16-21-6-3-2-4-7-21)11-12-29(38,30(31,32)33)17-25(28)19-36/h2-10,13-14,18-19,25,38H,11-12,15-17H2,1H3/t25-,28-,29+/m0/s1.